The Morgan fingerprint density at radius 1 is 1.06 bits per heavy atom. The Morgan fingerprint density at radius 2 is 1.82 bits per heavy atom. The first-order valence-corrected chi connectivity index (χ1v) is 4.77. The minimum atomic E-state index is -1.51. The fourth-order valence-electron chi connectivity index (χ4n) is 1.37. The zero-order valence-corrected chi connectivity index (χ0v) is 8.84. The lowest BCUT2D eigenvalue weighted by molar-refractivity contribution is 0.449. The molecule has 0 aliphatic rings. The maximum Gasteiger partial charge on any atom is 0.195 e. The molecule has 0 atom stereocenters. The van der Waals surface area contributed by atoms with Crippen LogP contribution in [0.3, 0.4) is 0 Å². The summed E-state index contributed by atoms with van der Waals surface area (Å²) >= 11 is 0. The molecule has 0 aliphatic heterocycles. The number of hydrogen-bond acceptors (Lipinski definition) is 3. The van der Waals surface area contributed by atoms with Crippen molar-refractivity contribution < 1.29 is 13.2 Å². The molecule has 1 aromatic carbocycles. The van der Waals surface area contributed by atoms with E-state index in [1.807, 2.05) is 0 Å². The topological polar surface area (TPSA) is 37.8 Å². The van der Waals surface area contributed by atoms with Gasteiger partial charge in [-0.1, -0.05) is 0 Å². The van der Waals surface area contributed by atoms with Crippen LogP contribution in [0.2, 0.25) is 0 Å². The van der Waals surface area contributed by atoms with Crippen LogP contribution in [0.25, 0.3) is 11.3 Å². The SMILES string of the molecule is CNc1cc(-c2ccc(F)c(F)c2F)ncn1. The first kappa shape index (κ1) is 11.4. The lowest BCUT2D eigenvalue weighted by atomic mass is 10.1. The largest absolute Gasteiger partial charge is 0.373 e. The monoisotopic (exact) mass is 239 g/mol. The Labute approximate surface area is 95.3 Å². The maximum atomic E-state index is 13.5. The van der Waals surface area contributed by atoms with Gasteiger partial charge < -0.3 is 5.32 Å². The van der Waals surface area contributed by atoms with Gasteiger partial charge in [-0.3, -0.25) is 0 Å². The van der Waals surface area contributed by atoms with E-state index in [1.54, 1.807) is 7.05 Å². The second-order valence-corrected chi connectivity index (χ2v) is 3.26. The first-order chi connectivity index (χ1) is 8.13. The molecular formula is C11H8F3N3. The van der Waals surface area contributed by atoms with E-state index in [9.17, 15) is 13.2 Å². The standard InChI is InChI=1S/C11H8F3N3/c1-15-9-4-8(16-5-17-9)6-2-3-7(12)11(14)10(6)13/h2-5H,1H3,(H,15,16,17). The number of benzene rings is 1. The normalized spacial score (nSPS) is 10.4. The van der Waals surface area contributed by atoms with Crippen LogP contribution in [0.5, 0.6) is 0 Å². The van der Waals surface area contributed by atoms with E-state index in [0.717, 1.165) is 12.1 Å². The molecule has 2 aromatic rings. The van der Waals surface area contributed by atoms with Gasteiger partial charge in [-0.25, -0.2) is 23.1 Å². The fraction of sp³-hybridized carbons (Fsp3) is 0.0909. The van der Waals surface area contributed by atoms with Crippen LogP contribution in [0, 0.1) is 17.5 Å². The fourth-order valence-corrected chi connectivity index (χ4v) is 1.37. The van der Waals surface area contributed by atoms with Crippen LogP contribution in [-0.2, 0) is 0 Å². The van der Waals surface area contributed by atoms with E-state index in [1.165, 1.54) is 12.4 Å². The molecule has 1 N–H and O–H groups in total. The number of nitrogens with one attached hydrogen (secondary N) is 1. The van der Waals surface area contributed by atoms with Crippen molar-refractivity contribution in [2.24, 2.45) is 0 Å². The van der Waals surface area contributed by atoms with Crippen molar-refractivity contribution >= 4 is 5.82 Å². The molecule has 3 nitrogen and oxygen atoms in total. The van der Waals surface area contributed by atoms with E-state index in [2.05, 4.69) is 15.3 Å². The molecule has 0 fully saturated rings. The Morgan fingerprint density at radius 3 is 2.53 bits per heavy atom. The second-order valence-electron chi connectivity index (χ2n) is 3.26. The lowest BCUT2D eigenvalue weighted by Crippen LogP contribution is -1.98. The summed E-state index contributed by atoms with van der Waals surface area (Å²) in [5.41, 5.74) is 0.0727. The Bertz CT molecular complexity index is 558. The van der Waals surface area contributed by atoms with Gasteiger partial charge in [0.1, 0.15) is 12.1 Å². The van der Waals surface area contributed by atoms with Crippen LogP contribution in [0.4, 0.5) is 19.0 Å². The summed E-state index contributed by atoms with van der Waals surface area (Å²) in [6.07, 6.45) is 1.21. The number of nitrogens with zero attached hydrogens (tertiary/aromatic N) is 2. The quantitative estimate of drug-likeness (QED) is 0.818. The molecule has 0 radical (unpaired) electrons. The van der Waals surface area contributed by atoms with Crippen molar-refractivity contribution in [3.05, 3.63) is 42.0 Å². The van der Waals surface area contributed by atoms with Crippen molar-refractivity contribution in [1.29, 1.82) is 0 Å². The van der Waals surface area contributed by atoms with Crippen molar-refractivity contribution in [3.63, 3.8) is 0 Å². The van der Waals surface area contributed by atoms with Crippen LogP contribution in [-0.4, -0.2) is 17.0 Å². The summed E-state index contributed by atoms with van der Waals surface area (Å²) in [5, 5.41) is 2.74. The van der Waals surface area contributed by atoms with Gasteiger partial charge in [-0.15, -0.1) is 0 Å². The predicted molar refractivity (Wildman–Crippen MR) is 56.9 cm³/mol. The molecule has 0 bridgehead atoms. The third kappa shape index (κ3) is 2.06. The second kappa shape index (κ2) is 4.40. The average Bonchev–Trinajstić information content (AvgIpc) is 2.36. The Balaban J connectivity index is 2.56. The molecular weight excluding hydrogens is 231 g/mol. The maximum absolute atomic E-state index is 13.5. The molecule has 0 saturated heterocycles. The first-order valence-electron chi connectivity index (χ1n) is 4.77. The zero-order chi connectivity index (χ0) is 12.4. The molecule has 1 heterocycles. The highest BCUT2D eigenvalue weighted by Gasteiger charge is 2.15. The van der Waals surface area contributed by atoms with E-state index in [0.29, 0.717) is 5.82 Å². The molecule has 0 aliphatic carbocycles. The van der Waals surface area contributed by atoms with Gasteiger partial charge in [-0.05, 0) is 12.1 Å². The van der Waals surface area contributed by atoms with Crippen LogP contribution >= 0.6 is 0 Å². The zero-order valence-electron chi connectivity index (χ0n) is 8.84. The summed E-state index contributed by atoms with van der Waals surface area (Å²) in [7, 11) is 1.63. The highest BCUT2D eigenvalue weighted by atomic mass is 19.2. The number of aromatic nitrogens is 2. The van der Waals surface area contributed by atoms with Gasteiger partial charge in [0.05, 0.1) is 5.69 Å². The molecule has 2 rings (SSSR count). The van der Waals surface area contributed by atoms with Crippen molar-refractivity contribution in [3.8, 4) is 11.3 Å². The Kier molecular flexibility index (Phi) is 2.95. The minimum absolute atomic E-state index is 0.109. The highest BCUT2D eigenvalue weighted by molar-refractivity contribution is 5.62. The number of halogens is 3. The molecule has 17 heavy (non-hydrogen) atoms. The lowest BCUT2D eigenvalue weighted by Gasteiger charge is -2.05. The highest BCUT2D eigenvalue weighted by Crippen LogP contribution is 2.25. The van der Waals surface area contributed by atoms with Gasteiger partial charge in [-0.2, -0.15) is 0 Å². The average molecular weight is 239 g/mol. The van der Waals surface area contributed by atoms with Gasteiger partial charge in [0.15, 0.2) is 17.5 Å². The summed E-state index contributed by atoms with van der Waals surface area (Å²) in [6.45, 7) is 0. The minimum Gasteiger partial charge on any atom is -0.373 e. The molecule has 6 heteroatoms. The number of hydrogen-bond donors (Lipinski definition) is 1. The molecule has 0 saturated carbocycles. The summed E-state index contributed by atoms with van der Waals surface area (Å²) in [6, 6.07) is 3.43. The van der Waals surface area contributed by atoms with E-state index in [4.69, 9.17) is 0 Å². The summed E-state index contributed by atoms with van der Waals surface area (Å²) in [4.78, 5) is 7.65. The van der Waals surface area contributed by atoms with Crippen LogP contribution < -0.4 is 5.32 Å². The van der Waals surface area contributed by atoms with Crippen LogP contribution in [0.1, 0.15) is 0 Å². The number of anilines is 1. The molecule has 0 spiro atoms. The van der Waals surface area contributed by atoms with Gasteiger partial charge >= 0.3 is 0 Å². The summed E-state index contributed by atoms with van der Waals surface area (Å²) < 4.78 is 39.3. The molecule has 0 amide bonds. The third-order valence-corrected chi connectivity index (χ3v) is 2.23. The molecule has 1 aromatic heterocycles. The van der Waals surface area contributed by atoms with Crippen molar-refractivity contribution in [2.45, 2.75) is 0 Å². The Hall–Kier alpha value is -2.11. The third-order valence-electron chi connectivity index (χ3n) is 2.23. The van der Waals surface area contributed by atoms with Crippen LogP contribution in [0.15, 0.2) is 24.5 Å². The van der Waals surface area contributed by atoms with Gasteiger partial charge in [0.2, 0.25) is 0 Å². The van der Waals surface area contributed by atoms with Gasteiger partial charge in [0, 0.05) is 18.7 Å². The van der Waals surface area contributed by atoms with E-state index >= 15 is 0 Å². The summed E-state index contributed by atoms with van der Waals surface area (Å²) in [5.74, 6) is -3.54. The predicted octanol–water partition coefficient (Wildman–Crippen LogP) is 2.60. The van der Waals surface area contributed by atoms with Gasteiger partial charge in [0.25, 0.3) is 0 Å². The van der Waals surface area contributed by atoms with E-state index in [-0.39, 0.29) is 11.3 Å². The van der Waals surface area contributed by atoms with Crippen molar-refractivity contribution in [1.82, 2.24) is 9.97 Å². The van der Waals surface area contributed by atoms with Crippen molar-refractivity contribution in [2.75, 3.05) is 12.4 Å². The smallest absolute Gasteiger partial charge is 0.195 e. The molecule has 0 unspecified atom stereocenters. The molecule has 88 valence electrons. The number of rotatable bonds is 2. The van der Waals surface area contributed by atoms with E-state index < -0.39 is 17.5 Å².